The van der Waals surface area contributed by atoms with Crippen LogP contribution in [0.1, 0.15) is 0 Å². The van der Waals surface area contributed by atoms with E-state index < -0.39 is 0 Å². The number of pyridine rings is 1. The standard InChI is InChI=1S/C24H18N4O.Al/c25-18-10-8-17(9-11-18)24-27-15-21(16-5-2-1-3-6-16)28(24)20-12-13-22(29)23-19(20)7-4-14-26-23;/h1-15,29H,25H2;. The van der Waals surface area contributed by atoms with E-state index in [-0.39, 0.29) is 23.1 Å². The number of nitrogens with zero attached hydrogens (tertiary/aromatic N) is 3. The molecule has 3 N–H and O–H groups in total. The van der Waals surface area contributed by atoms with Gasteiger partial charge in [0.05, 0.1) is 17.6 Å². The highest BCUT2D eigenvalue weighted by molar-refractivity contribution is 5.93. The van der Waals surface area contributed by atoms with Crippen LogP contribution in [0.5, 0.6) is 5.75 Å². The Balaban J connectivity index is 0.00000218. The van der Waals surface area contributed by atoms with E-state index in [2.05, 4.69) is 21.7 Å². The molecule has 30 heavy (non-hydrogen) atoms. The number of hydrogen-bond acceptors (Lipinski definition) is 4. The van der Waals surface area contributed by atoms with Crippen LogP contribution in [0.2, 0.25) is 0 Å². The maximum Gasteiger partial charge on any atom is 0.145 e. The molecule has 3 radical (unpaired) electrons. The molecule has 0 spiro atoms. The summed E-state index contributed by atoms with van der Waals surface area (Å²) in [6.07, 6.45) is 3.55. The first kappa shape index (κ1) is 19.7. The third kappa shape index (κ3) is 3.33. The van der Waals surface area contributed by atoms with E-state index in [1.807, 2.05) is 66.9 Å². The molecule has 0 bridgehead atoms. The maximum atomic E-state index is 10.3. The summed E-state index contributed by atoms with van der Waals surface area (Å²) in [7, 11) is 0. The van der Waals surface area contributed by atoms with Crippen molar-refractivity contribution in [2.45, 2.75) is 0 Å². The average molecular weight is 405 g/mol. The number of aromatic hydroxyl groups is 1. The minimum atomic E-state index is 0. The Morgan fingerprint density at radius 3 is 2.30 bits per heavy atom. The van der Waals surface area contributed by atoms with Crippen molar-refractivity contribution < 1.29 is 5.11 Å². The number of hydrogen-bond donors (Lipinski definition) is 2. The highest BCUT2D eigenvalue weighted by atomic mass is 27.0. The van der Waals surface area contributed by atoms with E-state index in [4.69, 9.17) is 10.7 Å². The number of anilines is 1. The molecule has 2 aromatic heterocycles. The monoisotopic (exact) mass is 405 g/mol. The summed E-state index contributed by atoms with van der Waals surface area (Å²) in [5.41, 5.74) is 11.0. The fourth-order valence-corrected chi connectivity index (χ4v) is 3.58. The lowest BCUT2D eigenvalue weighted by molar-refractivity contribution is 0.480. The van der Waals surface area contributed by atoms with Gasteiger partial charge in [-0.3, -0.25) is 9.55 Å². The van der Waals surface area contributed by atoms with Crippen molar-refractivity contribution in [1.82, 2.24) is 14.5 Å². The summed E-state index contributed by atoms with van der Waals surface area (Å²) in [5.74, 6) is 0.944. The molecule has 0 atom stereocenters. The molecule has 6 heteroatoms. The number of aromatic nitrogens is 3. The van der Waals surface area contributed by atoms with Crippen LogP contribution in [0, 0.1) is 0 Å². The molecule has 0 saturated heterocycles. The molecule has 2 heterocycles. The van der Waals surface area contributed by atoms with Gasteiger partial charge in [0.15, 0.2) is 0 Å². The summed E-state index contributed by atoms with van der Waals surface area (Å²) in [6.45, 7) is 0. The second-order valence-corrected chi connectivity index (χ2v) is 6.79. The topological polar surface area (TPSA) is 77.0 Å². The van der Waals surface area contributed by atoms with Crippen LogP contribution in [0.15, 0.2) is 91.3 Å². The van der Waals surface area contributed by atoms with Gasteiger partial charge in [0.2, 0.25) is 0 Å². The lowest BCUT2D eigenvalue weighted by Gasteiger charge is -2.15. The molecule has 0 saturated carbocycles. The second kappa shape index (κ2) is 8.04. The van der Waals surface area contributed by atoms with Crippen LogP contribution in [-0.2, 0) is 0 Å². The van der Waals surface area contributed by atoms with E-state index in [0.29, 0.717) is 11.2 Å². The molecule has 5 nitrogen and oxygen atoms in total. The molecule has 0 aliphatic carbocycles. The first-order chi connectivity index (χ1) is 14.2. The Hall–Kier alpha value is -3.59. The van der Waals surface area contributed by atoms with E-state index in [0.717, 1.165) is 33.7 Å². The summed E-state index contributed by atoms with van der Waals surface area (Å²) >= 11 is 0. The Kier molecular flexibility index (Phi) is 5.28. The van der Waals surface area contributed by atoms with E-state index in [1.54, 1.807) is 12.3 Å². The second-order valence-electron chi connectivity index (χ2n) is 6.79. The van der Waals surface area contributed by atoms with Crippen LogP contribution < -0.4 is 5.73 Å². The quantitative estimate of drug-likeness (QED) is 0.338. The van der Waals surface area contributed by atoms with Gasteiger partial charge in [0.25, 0.3) is 0 Å². The molecule has 5 aromatic rings. The summed E-state index contributed by atoms with van der Waals surface area (Å²) in [4.78, 5) is 9.10. The van der Waals surface area contributed by atoms with Gasteiger partial charge >= 0.3 is 0 Å². The fraction of sp³-hybridized carbons (Fsp3) is 0. The number of rotatable bonds is 3. The van der Waals surface area contributed by atoms with E-state index in [1.165, 1.54) is 0 Å². The Morgan fingerprint density at radius 2 is 1.53 bits per heavy atom. The lowest BCUT2D eigenvalue weighted by atomic mass is 10.1. The van der Waals surface area contributed by atoms with Crippen molar-refractivity contribution in [3.05, 3.63) is 91.3 Å². The van der Waals surface area contributed by atoms with Crippen LogP contribution in [0.4, 0.5) is 5.69 Å². The smallest absolute Gasteiger partial charge is 0.145 e. The first-order valence-electron chi connectivity index (χ1n) is 9.28. The Labute approximate surface area is 184 Å². The minimum Gasteiger partial charge on any atom is -0.506 e. The van der Waals surface area contributed by atoms with Crippen molar-refractivity contribution in [1.29, 1.82) is 0 Å². The molecule has 143 valence electrons. The molecular formula is C24H18AlN4O. The Morgan fingerprint density at radius 1 is 0.767 bits per heavy atom. The van der Waals surface area contributed by atoms with Gasteiger partial charge in [-0.15, -0.1) is 0 Å². The number of nitrogens with two attached hydrogens (primary N) is 1. The number of imidazole rings is 1. The zero-order valence-corrected chi connectivity index (χ0v) is 17.3. The third-order valence-corrected chi connectivity index (χ3v) is 4.97. The molecule has 3 aromatic carbocycles. The fourth-order valence-electron chi connectivity index (χ4n) is 3.58. The first-order valence-corrected chi connectivity index (χ1v) is 9.28. The Bertz CT molecular complexity index is 1310. The van der Waals surface area contributed by atoms with Gasteiger partial charge in [-0.25, -0.2) is 4.98 Å². The van der Waals surface area contributed by atoms with E-state index >= 15 is 0 Å². The molecule has 0 unspecified atom stereocenters. The third-order valence-electron chi connectivity index (χ3n) is 4.97. The van der Waals surface area contributed by atoms with Gasteiger partial charge in [-0.2, -0.15) is 0 Å². The molecule has 5 rings (SSSR count). The SMILES string of the molecule is Nc1ccc(-c2ncc(-c3ccccc3)n2-c2ccc(O)c3ncccc23)cc1.[Al]. The summed E-state index contributed by atoms with van der Waals surface area (Å²) in [5, 5.41) is 11.1. The van der Waals surface area contributed by atoms with Crippen molar-refractivity contribution in [3.8, 4) is 34.1 Å². The van der Waals surface area contributed by atoms with Gasteiger partial charge < -0.3 is 10.8 Å². The predicted octanol–water partition coefficient (Wildman–Crippen LogP) is 4.66. The molecule has 0 amide bonds. The lowest BCUT2D eigenvalue weighted by Crippen LogP contribution is -2.01. The van der Waals surface area contributed by atoms with Crippen molar-refractivity contribution in [3.63, 3.8) is 0 Å². The van der Waals surface area contributed by atoms with Crippen molar-refractivity contribution in [2.24, 2.45) is 0 Å². The van der Waals surface area contributed by atoms with Crippen LogP contribution in [0.25, 0.3) is 39.2 Å². The van der Waals surface area contributed by atoms with Gasteiger partial charge in [0, 0.05) is 45.8 Å². The van der Waals surface area contributed by atoms with Gasteiger partial charge in [-0.1, -0.05) is 30.3 Å². The van der Waals surface area contributed by atoms with E-state index in [9.17, 15) is 5.11 Å². The molecular weight excluding hydrogens is 387 g/mol. The van der Waals surface area contributed by atoms with Crippen LogP contribution in [-0.4, -0.2) is 37.0 Å². The maximum absolute atomic E-state index is 10.3. The largest absolute Gasteiger partial charge is 0.506 e. The predicted molar refractivity (Wildman–Crippen MR) is 122 cm³/mol. The number of benzene rings is 3. The number of phenols is 1. The number of phenolic OH excluding ortho intramolecular Hbond substituents is 1. The van der Waals surface area contributed by atoms with Gasteiger partial charge in [-0.05, 0) is 48.5 Å². The summed E-state index contributed by atoms with van der Waals surface area (Å²) in [6, 6.07) is 25.2. The normalized spacial score (nSPS) is 10.7. The zero-order valence-electron chi connectivity index (χ0n) is 16.1. The highest BCUT2D eigenvalue weighted by Gasteiger charge is 2.18. The average Bonchev–Trinajstić information content (AvgIpc) is 3.20. The van der Waals surface area contributed by atoms with Crippen molar-refractivity contribution in [2.75, 3.05) is 5.73 Å². The minimum absolute atomic E-state index is 0. The zero-order chi connectivity index (χ0) is 19.8. The number of fused-ring (bicyclic) bond motifs is 1. The van der Waals surface area contributed by atoms with Crippen molar-refractivity contribution >= 4 is 34.0 Å². The molecule has 0 aliphatic rings. The highest BCUT2D eigenvalue weighted by Crippen LogP contribution is 2.35. The summed E-state index contributed by atoms with van der Waals surface area (Å²) < 4.78 is 2.10. The van der Waals surface area contributed by atoms with Gasteiger partial charge in [0.1, 0.15) is 17.1 Å². The van der Waals surface area contributed by atoms with Crippen LogP contribution >= 0.6 is 0 Å². The molecule has 0 aliphatic heterocycles. The van der Waals surface area contributed by atoms with Crippen LogP contribution in [0.3, 0.4) is 0 Å². The number of nitrogen functional groups attached to an aromatic ring is 1. The molecule has 0 fully saturated rings.